The predicted octanol–water partition coefficient (Wildman–Crippen LogP) is 1.01. The highest BCUT2D eigenvalue weighted by Crippen LogP contribution is 2.26. The first-order valence-electron chi connectivity index (χ1n) is 7.21. The smallest absolute Gasteiger partial charge is 0.146 e. The van der Waals surface area contributed by atoms with Crippen molar-refractivity contribution < 1.29 is 0 Å². The third-order valence-electron chi connectivity index (χ3n) is 4.41. The van der Waals surface area contributed by atoms with E-state index in [4.69, 9.17) is 0 Å². The van der Waals surface area contributed by atoms with Crippen molar-refractivity contribution in [3.63, 3.8) is 0 Å². The number of fused-ring (bicyclic) bond motifs is 1. The molecule has 0 aromatic carbocycles. The zero-order valence-electron chi connectivity index (χ0n) is 11.2. The van der Waals surface area contributed by atoms with Gasteiger partial charge in [-0.15, -0.1) is 10.2 Å². The maximum atomic E-state index is 4.18. The van der Waals surface area contributed by atoms with Crippen LogP contribution in [0.5, 0.6) is 0 Å². The summed E-state index contributed by atoms with van der Waals surface area (Å²) >= 11 is 0. The van der Waals surface area contributed by atoms with Crippen molar-refractivity contribution in [2.45, 2.75) is 57.8 Å². The van der Waals surface area contributed by atoms with Gasteiger partial charge in [-0.3, -0.25) is 0 Å². The van der Waals surface area contributed by atoms with Crippen molar-refractivity contribution >= 4 is 0 Å². The van der Waals surface area contributed by atoms with Crippen LogP contribution in [0.25, 0.3) is 0 Å². The fraction of sp³-hybridized carbons (Fsp3) is 0.846. The molecule has 2 saturated heterocycles. The fourth-order valence-electron chi connectivity index (χ4n) is 3.33. The Bertz CT molecular complexity index is 388. The van der Waals surface area contributed by atoms with Crippen LogP contribution in [0.1, 0.15) is 38.4 Å². The summed E-state index contributed by atoms with van der Waals surface area (Å²) in [6.07, 6.45) is 7.18. The van der Waals surface area contributed by atoms with Crippen molar-refractivity contribution in [1.82, 2.24) is 25.0 Å². The van der Waals surface area contributed by atoms with Gasteiger partial charge in [0.15, 0.2) is 0 Å². The molecule has 1 aromatic heterocycles. The fourth-order valence-corrected chi connectivity index (χ4v) is 3.33. The molecule has 3 heterocycles. The first kappa shape index (κ1) is 12.1. The second-order valence-corrected chi connectivity index (χ2v) is 5.47. The van der Waals surface area contributed by atoms with Gasteiger partial charge in [-0.05, 0) is 45.7 Å². The second kappa shape index (κ2) is 5.36. The summed E-state index contributed by atoms with van der Waals surface area (Å²) in [5.74, 6) is 1.06. The van der Waals surface area contributed by atoms with Crippen LogP contribution in [0.2, 0.25) is 0 Å². The maximum absolute atomic E-state index is 4.18. The van der Waals surface area contributed by atoms with Gasteiger partial charge in [0.25, 0.3) is 0 Å². The summed E-state index contributed by atoms with van der Waals surface area (Å²) < 4.78 is 2.11. The molecule has 3 rings (SSSR count). The summed E-state index contributed by atoms with van der Waals surface area (Å²) in [5, 5.41) is 11.8. The maximum Gasteiger partial charge on any atom is 0.146 e. The van der Waals surface area contributed by atoms with Crippen LogP contribution >= 0.6 is 0 Å². The van der Waals surface area contributed by atoms with E-state index >= 15 is 0 Å². The minimum atomic E-state index is 0.659. The molecule has 2 atom stereocenters. The number of aromatic nitrogens is 3. The number of aryl methyl sites for hydroxylation is 1. The number of hydrogen-bond donors (Lipinski definition) is 1. The van der Waals surface area contributed by atoms with Gasteiger partial charge in [-0.25, -0.2) is 0 Å². The van der Waals surface area contributed by atoms with Gasteiger partial charge in [-0.1, -0.05) is 0 Å². The van der Waals surface area contributed by atoms with Crippen LogP contribution in [0, 0.1) is 0 Å². The molecule has 2 aliphatic heterocycles. The Hall–Kier alpha value is -0.940. The van der Waals surface area contributed by atoms with Crippen LogP contribution in [0.15, 0.2) is 6.33 Å². The lowest BCUT2D eigenvalue weighted by Crippen LogP contribution is -2.45. The molecule has 1 aromatic rings. The molecule has 0 radical (unpaired) electrons. The third-order valence-corrected chi connectivity index (χ3v) is 4.41. The first-order chi connectivity index (χ1) is 8.86. The van der Waals surface area contributed by atoms with Gasteiger partial charge < -0.3 is 14.8 Å². The molecular formula is C13H23N5. The van der Waals surface area contributed by atoms with Gasteiger partial charge in [0.2, 0.25) is 0 Å². The van der Waals surface area contributed by atoms with Crippen LogP contribution in [0.4, 0.5) is 0 Å². The minimum absolute atomic E-state index is 0.659. The van der Waals surface area contributed by atoms with Gasteiger partial charge in [0.1, 0.15) is 12.2 Å². The molecule has 0 saturated carbocycles. The average molecular weight is 249 g/mol. The van der Waals surface area contributed by atoms with Crippen LogP contribution in [-0.2, 0) is 13.1 Å². The molecule has 5 heteroatoms. The minimum Gasteiger partial charge on any atom is -0.317 e. The topological polar surface area (TPSA) is 46.0 Å². The van der Waals surface area contributed by atoms with E-state index in [0.717, 1.165) is 25.0 Å². The standard InChI is InChI=1S/C13H23N5/c1-2-17-10-15-16-13(17)9-14-11-5-7-18-6-3-4-12(18)8-11/h10-12,14H,2-9H2,1H3. The average Bonchev–Trinajstić information content (AvgIpc) is 3.04. The van der Waals surface area contributed by atoms with E-state index in [0.29, 0.717) is 6.04 Å². The summed E-state index contributed by atoms with van der Waals surface area (Å²) in [4.78, 5) is 2.66. The van der Waals surface area contributed by atoms with E-state index in [2.05, 4.69) is 31.9 Å². The molecule has 0 amide bonds. The van der Waals surface area contributed by atoms with E-state index in [1.54, 1.807) is 0 Å². The molecule has 0 aliphatic carbocycles. The summed E-state index contributed by atoms with van der Waals surface area (Å²) in [7, 11) is 0. The van der Waals surface area contributed by atoms with Crippen LogP contribution in [0.3, 0.4) is 0 Å². The van der Waals surface area contributed by atoms with E-state index in [-0.39, 0.29) is 0 Å². The zero-order valence-corrected chi connectivity index (χ0v) is 11.2. The molecule has 1 N–H and O–H groups in total. The van der Waals surface area contributed by atoms with E-state index in [1.165, 1.54) is 38.8 Å². The molecule has 0 bridgehead atoms. The van der Waals surface area contributed by atoms with E-state index in [9.17, 15) is 0 Å². The largest absolute Gasteiger partial charge is 0.317 e. The van der Waals surface area contributed by atoms with Gasteiger partial charge in [-0.2, -0.15) is 0 Å². The normalized spacial score (nSPS) is 28.5. The molecule has 2 unspecified atom stereocenters. The molecule has 2 aliphatic rings. The lowest BCUT2D eigenvalue weighted by Gasteiger charge is -2.35. The van der Waals surface area contributed by atoms with Crippen LogP contribution < -0.4 is 5.32 Å². The SMILES string of the molecule is CCn1cnnc1CNC1CCN2CCCC2C1. The Morgan fingerprint density at radius 1 is 1.39 bits per heavy atom. The highest BCUT2D eigenvalue weighted by Gasteiger charge is 2.31. The Balaban J connectivity index is 1.51. The quantitative estimate of drug-likeness (QED) is 0.865. The summed E-state index contributed by atoms with van der Waals surface area (Å²) in [6.45, 7) is 6.52. The lowest BCUT2D eigenvalue weighted by molar-refractivity contribution is 0.166. The molecule has 18 heavy (non-hydrogen) atoms. The number of nitrogens with one attached hydrogen (secondary N) is 1. The Morgan fingerprint density at radius 3 is 3.22 bits per heavy atom. The highest BCUT2D eigenvalue weighted by molar-refractivity contribution is 4.91. The highest BCUT2D eigenvalue weighted by atomic mass is 15.3. The van der Waals surface area contributed by atoms with Gasteiger partial charge >= 0.3 is 0 Å². The second-order valence-electron chi connectivity index (χ2n) is 5.47. The number of piperidine rings is 1. The Morgan fingerprint density at radius 2 is 2.33 bits per heavy atom. The Labute approximate surface area is 109 Å². The summed E-state index contributed by atoms with van der Waals surface area (Å²) in [5.41, 5.74) is 0. The molecule has 100 valence electrons. The Kier molecular flexibility index (Phi) is 3.61. The van der Waals surface area contributed by atoms with Gasteiger partial charge in [0, 0.05) is 18.6 Å². The number of nitrogens with zero attached hydrogens (tertiary/aromatic N) is 4. The predicted molar refractivity (Wildman–Crippen MR) is 70.2 cm³/mol. The zero-order chi connectivity index (χ0) is 12.4. The molecule has 0 spiro atoms. The van der Waals surface area contributed by atoms with Gasteiger partial charge in [0.05, 0.1) is 6.54 Å². The van der Waals surface area contributed by atoms with Crippen molar-refractivity contribution in [3.05, 3.63) is 12.2 Å². The summed E-state index contributed by atoms with van der Waals surface area (Å²) in [6, 6.07) is 1.49. The van der Waals surface area contributed by atoms with Crippen molar-refractivity contribution in [1.29, 1.82) is 0 Å². The van der Waals surface area contributed by atoms with E-state index in [1.807, 2.05) is 6.33 Å². The molecular weight excluding hydrogens is 226 g/mol. The third kappa shape index (κ3) is 2.42. The van der Waals surface area contributed by atoms with E-state index < -0.39 is 0 Å². The van der Waals surface area contributed by atoms with Crippen molar-refractivity contribution in [2.75, 3.05) is 13.1 Å². The molecule has 5 nitrogen and oxygen atoms in total. The van der Waals surface area contributed by atoms with Crippen molar-refractivity contribution in [2.24, 2.45) is 0 Å². The number of rotatable bonds is 4. The van der Waals surface area contributed by atoms with Crippen LogP contribution in [-0.4, -0.2) is 44.8 Å². The first-order valence-corrected chi connectivity index (χ1v) is 7.21. The monoisotopic (exact) mass is 249 g/mol. The number of hydrogen-bond acceptors (Lipinski definition) is 4. The molecule has 2 fully saturated rings. The lowest BCUT2D eigenvalue weighted by atomic mass is 9.97. The van der Waals surface area contributed by atoms with Crippen molar-refractivity contribution in [3.8, 4) is 0 Å².